The average Bonchev–Trinajstić information content (AvgIpc) is 2.45. The van der Waals surface area contributed by atoms with Crippen molar-refractivity contribution in [2.75, 3.05) is 12.8 Å². The van der Waals surface area contributed by atoms with E-state index in [4.69, 9.17) is 26.8 Å². The molecular weight excluding hydrogens is 278 g/mol. The Kier molecular flexibility index (Phi) is 4.48. The molecule has 0 aliphatic carbocycles. The summed E-state index contributed by atoms with van der Waals surface area (Å²) in [5.41, 5.74) is 7.06. The van der Waals surface area contributed by atoms with E-state index < -0.39 is 5.97 Å². The molecule has 0 bridgehead atoms. The predicted octanol–water partition coefficient (Wildman–Crippen LogP) is 3.29. The standard InChI is InChI=1S/C15H14ClNO3/c1-19-13-8-4-7-12(17)14(13)15(18)20-9-10-5-2-3-6-11(10)16/h2-8H,9,17H2,1H3. The Hall–Kier alpha value is -2.20. The maximum absolute atomic E-state index is 12.1. The molecule has 0 saturated heterocycles. The fourth-order valence-corrected chi connectivity index (χ4v) is 1.96. The van der Waals surface area contributed by atoms with Gasteiger partial charge < -0.3 is 15.2 Å². The van der Waals surface area contributed by atoms with Gasteiger partial charge in [0.2, 0.25) is 0 Å². The summed E-state index contributed by atoms with van der Waals surface area (Å²) < 4.78 is 10.4. The van der Waals surface area contributed by atoms with Crippen LogP contribution in [-0.4, -0.2) is 13.1 Å². The Labute approximate surface area is 122 Å². The van der Waals surface area contributed by atoms with Gasteiger partial charge in [0.25, 0.3) is 0 Å². The second-order valence-electron chi connectivity index (χ2n) is 4.09. The fourth-order valence-electron chi connectivity index (χ4n) is 1.77. The Morgan fingerprint density at radius 2 is 1.95 bits per heavy atom. The zero-order valence-corrected chi connectivity index (χ0v) is 11.7. The van der Waals surface area contributed by atoms with Crippen molar-refractivity contribution in [3.05, 3.63) is 58.6 Å². The zero-order chi connectivity index (χ0) is 14.5. The number of benzene rings is 2. The maximum Gasteiger partial charge on any atom is 0.344 e. The van der Waals surface area contributed by atoms with Gasteiger partial charge in [0, 0.05) is 16.3 Å². The van der Waals surface area contributed by atoms with E-state index in [1.54, 1.807) is 30.3 Å². The first-order chi connectivity index (χ1) is 9.63. The minimum atomic E-state index is -0.542. The lowest BCUT2D eigenvalue weighted by Crippen LogP contribution is -2.10. The summed E-state index contributed by atoms with van der Waals surface area (Å²) in [6.07, 6.45) is 0. The van der Waals surface area contributed by atoms with Crippen LogP contribution < -0.4 is 10.5 Å². The summed E-state index contributed by atoms with van der Waals surface area (Å²) in [5, 5.41) is 0.549. The molecule has 0 amide bonds. The molecule has 0 aliphatic rings. The average molecular weight is 292 g/mol. The molecule has 4 nitrogen and oxygen atoms in total. The number of carbonyl (C=O) groups is 1. The molecule has 2 rings (SSSR count). The lowest BCUT2D eigenvalue weighted by molar-refractivity contribution is 0.0470. The molecule has 0 saturated carbocycles. The number of ether oxygens (including phenoxy) is 2. The van der Waals surface area contributed by atoms with E-state index in [1.165, 1.54) is 7.11 Å². The third kappa shape index (κ3) is 3.03. The molecule has 2 N–H and O–H groups in total. The van der Waals surface area contributed by atoms with Crippen molar-refractivity contribution < 1.29 is 14.3 Å². The van der Waals surface area contributed by atoms with Gasteiger partial charge in [-0.2, -0.15) is 0 Å². The quantitative estimate of drug-likeness (QED) is 0.693. The molecule has 2 aromatic rings. The van der Waals surface area contributed by atoms with Crippen LogP contribution >= 0.6 is 11.6 Å². The van der Waals surface area contributed by atoms with E-state index in [0.29, 0.717) is 16.5 Å². The van der Waals surface area contributed by atoms with Gasteiger partial charge in [0.15, 0.2) is 0 Å². The van der Waals surface area contributed by atoms with Crippen molar-refractivity contribution in [2.24, 2.45) is 0 Å². The Bertz CT molecular complexity index is 628. The van der Waals surface area contributed by atoms with Gasteiger partial charge >= 0.3 is 5.97 Å². The lowest BCUT2D eigenvalue weighted by atomic mass is 10.1. The lowest BCUT2D eigenvalue weighted by Gasteiger charge is -2.11. The van der Waals surface area contributed by atoms with Crippen LogP contribution in [0.3, 0.4) is 0 Å². The van der Waals surface area contributed by atoms with Crippen molar-refractivity contribution in [3.63, 3.8) is 0 Å². The van der Waals surface area contributed by atoms with Gasteiger partial charge in [-0.25, -0.2) is 4.79 Å². The second kappa shape index (κ2) is 6.30. The van der Waals surface area contributed by atoms with Crippen molar-refractivity contribution in [3.8, 4) is 5.75 Å². The Balaban J connectivity index is 2.15. The molecule has 0 aliphatic heterocycles. The summed E-state index contributed by atoms with van der Waals surface area (Å²) in [6, 6.07) is 12.2. The normalized spacial score (nSPS) is 10.1. The van der Waals surface area contributed by atoms with Crippen LogP contribution in [0.25, 0.3) is 0 Å². The summed E-state index contributed by atoms with van der Waals surface area (Å²) in [4.78, 5) is 12.1. The SMILES string of the molecule is COc1cccc(N)c1C(=O)OCc1ccccc1Cl. The number of carbonyl (C=O) groups excluding carboxylic acids is 1. The molecular formula is C15H14ClNO3. The third-order valence-electron chi connectivity index (χ3n) is 2.80. The Morgan fingerprint density at radius 3 is 2.65 bits per heavy atom. The summed E-state index contributed by atoms with van der Waals surface area (Å²) in [7, 11) is 1.47. The monoisotopic (exact) mass is 291 g/mol. The van der Waals surface area contributed by atoms with E-state index in [0.717, 1.165) is 5.56 Å². The number of halogens is 1. The largest absolute Gasteiger partial charge is 0.496 e. The summed E-state index contributed by atoms with van der Waals surface area (Å²) in [5.74, 6) is -0.158. The first-order valence-corrected chi connectivity index (χ1v) is 6.34. The van der Waals surface area contributed by atoms with Crippen LogP contribution in [0, 0.1) is 0 Å². The minimum absolute atomic E-state index is 0.0794. The second-order valence-corrected chi connectivity index (χ2v) is 4.50. The number of nitrogens with two attached hydrogens (primary N) is 1. The van der Waals surface area contributed by atoms with E-state index in [9.17, 15) is 4.79 Å². The van der Waals surface area contributed by atoms with Crippen LogP contribution in [0.1, 0.15) is 15.9 Å². The Morgan fingerprint density at radius 1 is 1.20 bits per heavy atom. The highest BCUT2D eigenvalue weighted by Crippen LogP contribution is 2.25. The van der Waals surface area contributed by atoms with Crippen molar-refractivity contribution in [2.45, 2.75) is 6.61 Å². The number of esters is 1. The maximum atomic E-state index is 12.1. The zero-order valence-electron chi connectivity index (χ0n) is 10.9. The fraction of sp³-hybridized carbons (Fsp3) is 0.133. The van der Waals surface area contributed by atoms with E-state index >= 15 is 0 Å². The molecule has 20 heavy (non-hydrogen) atoms. The van der Waals surface area contributed by atoms with Crippen LogP contribution in [0.5, 0.6) is 5.75 Å². The van der Waals surface area contributed by atoms with Gasteiger partial charge in [0.1, 0.15) is 17.9 Å². The predicted molar refractivity (Wildman–Crippen MR) is 78.0 cm³/mol. The summed E-state index contributed by atoms with van der Waals surface area (Å²) in [6.45, 7) is 0.0794. The first kappa shape index (κ1) is 14.2. The van der Waals surface area contributed by atoms with Crippen molar-refractivity contribution >= 4 is 23.3 Å². The molecule has 0 unspecified atom stereocenters. The molecule has 0 radical (unpaired) electrons. The van der Waals surface area contributed by atoms with Gasteiger partial charge in [-0.1, -0.05) is 35.9 Å². The minimum Gasteiger partial charge on any atom is -0.496 e. The van der Waals surface area contributed by atoms with Crippen LogP contribution in [0.4, 0.5) is 5.69 Å². The molecule has 0 aromatic heterocycles. The van der Waals surface area contributed by atoms with Crippen LogP contribution in [0.2, 0.25) is 5.02 Å². The molecule has 0 heterocycles. The molecule has 5 heteroatoms. The van der Waals surface area contributed by atoms with Crippen molar-refractivity contribution in [1.29, 1.82) is 0 Å². The molecule has 0 atom stereocenters. The molecule has 0 spiro atoms. The van der Waals surface area contributed by atoms with Crippen LogP contribution in [-0.2, 0) is 11.3 Å². The number of rotatable bonds is 4. The van der Waals surface area contributed by atoms with E-state index in [-0.39, 0.29) is 12.2 Å². The molecule has 104 valence electrons. The van der Waals surface area contributed by atoms with Gasteiger partial charge in [0.05, 0.1) is 7.11 Å². The molecule has 0 fully saturated rings. The van der Waals surface area contributed by atoms with Gasteiger partial charge in [-0.3, -0.25) is 0 Å². The smallest absolute Gasteiger partial charge is 0.344 e. The topological polar surface area (TPSA) is 61.5 Å². The highest BCUT2D eigenvalue weighted by atomic mass is 35.5. The van der Waals surface area contributed by atoms with Gasteiger partial charge in [-0.15, -0.1) is 0 Å². The summed E-state index contributed by atoms with van der Waals surface area (Å²) >= 11 is 6.00. The van der Waals surface area contributed by atoms with Crippen molar-refractivity contribution in [1.82, 2.24) is 0 Å². The number of anilines is 1. The third-order valence-corrected chi connectivity index (χ3v) is 3.17. The highest BCUT2D eigenvalue weighted by molar-refractivity contribution is 6.31. The number of hydrogen-bond donors (Lipinski definition) is 1. The van der Waals surface area contributed by atoms with E-state index in [2.05, 4.69) is 0 Å². The number of methoxy groups -OCH3 is 1. The first-order valence-electron chi connectivity index (χ1n) is 5.96. The van der Waals surface area contributed by atoms with E-state index in [1.807, 2.05) is 12.1 Å². The molecule has 2 aromatic carbocycles. The van der Waals surface area contributed by atoms with Crippen LogP contribution in [0.15, 0.2) is 42.5 Å². The highest BCUT2D eigenvalue weighted by Gasteiger charge is 2.17. The number of hydrogen-bond acceptors (Lipinski definition) is 4. The van der Waals surface area contributed by atoms with Gasteiger partial charge in [-0.05, 0) is 18.2 Å². The number of nitrogen functional groups attached to an aromatic ring is 1.